The van der Waals surface area contributed by atoms with Crippen molar-refractivity contribution in [1.82, 2.24) is 10.6 Å². The molecule has 2 amide bonds. The summed E-state index contributed by atoms with van der Waals surface area (Å²) >= 11 is 0. The standard InChI is InChI=1S/C11H17N3O3/c1-7-2-3-10(16)13-5-4-8(15)6-9(12)11(17)14-7/h2-3,7,9H,4-6,12H2,1H3,(H,13,16)(H,14,17)/b3-2-/t7-,9-/m0/s1. The summed E-state index contributed by atoms with van der Waals surface area (Å²) in [6.07, 6.45) is 3.10. The van der Waals surface area contributed by atoms with Crippen LogP contribution in [-0.2, 0) is 14.4 Å². The Labute approximate surface area is 99.6 Å². The molecule has 1 heterocycles. The van der Waals surface area contributed by atoms with E-state index < -0.39 is 6.04 Å². The van der Waals surface area contributed by atoms with E-state index >= 15 is 0 Å². The van der Waals surface area contributed by atoms with E-state index in [1.165, 1.54) is 6.08 Å². The first kappa shape index (κ1) is 13.4. The number of hydrogen-bond donors (Lipinski definition) is 3. The highest BCUT2D eigenvalue weighted by Crippen LogP contribution is 1.97. The van der Waals surface area contributed by atoms with Gasteiger partial charge in [-0.15, -0.1) is 0 Å². The summed E-state index contributed by atoms with van der Waals surface area (Å²) < 4.78 is 0. The minimum absolute atomic E-state index is 0.00185. The fraction of sp³-hybridized carbons (Fsp3) is 0.545. The summed E-state index contributed by atoms with van der Waals surface area (Å²) in [5, 5.41) is 5.18. The number of carbonyl (C=O) groups excluding carboxylic acids is 3. The first-order valence-corrected chi connectivity index (χ1v) is 5.52. The predicted octanol–water partition coefficient (Wildman–Crippen LogP) is -1.15. The Morgan fingerprint density at radius 3 is 2.76 bits per heavy atom. The lowest BCUT2D eigenvalue weighted by Crippen LogP contribution is -2.45. The summed E-state index contributed by atoms with van der Waals surface area (Å²) in [7, 11) is 0. The lowest BCUT2D eigenvalue weighted by molar-refractivity contribution is -0.127. The molecule has 1 rings (SSSR count). The zero-order valence-corrected chi connectivity index (χ0v) is 9.73. The Balaban J connectivity index is 2.72. The van der Waals surface area contributed by atoms with Gasteiger partial charge in [0.25, 0.3) is 0 Å². The normalized spacial score (nSPS) is 29.6. The third-order valence-electron chi connectivity index (χ3n) is 2.39. The number of nitrogens with one attached hydrogen (secondary N) is 2. The molecule has 0 bridgehead atoms. The average molecular weight is 239 g/mol. The Bertz CT molecular complexity index is 352. The van der Waals surface area contributed by atoms with Gasteiger partial charge >= 0.3 is 0 Å². The summed E-state index contributed by atoms with van der Waals surface area (Å²) in [4.78, 5) is 34.2. The molecule has 94 valence electrons. The summed E-state index contributed by atoms with van der Waals surface area (Å²) in [6, 6.07) is -1.12. The highest BCUT2D eigenvalue weighted by molar-refractivity contribution is 5.91. The first-order chi connectivity index (χ1) is 7.99. The smallest absolute Gasteiger partial charge is 0.243 e. The van der Waals surface area contributed by atoms with Gasteiger partial charge in [-0.1, -0.05) is 6.08 Å². The number of Topliss-reactive ketones (excluding diaryl/α,β-unsaturated/α-hetero) is 1. The molecule has 6 heteroatoms. The molecule has 0 aliphatic carbocycles. The van der Waals surface area contributed by atoms with Crippen molar-refractivity contribution < 1.29 is 14.4 Å². The average Bonchev–Trinajstić information content (AvgIpc) is 2.25. The van der Waals surface area contributed by atoms with Crippen LogP contribution in [-0.4, -0.2) is 36.2 Å². The number of nitrogens with two attached hydrogens (primary N) is 1. The third kappa shape index (κ3) is 4.78. The molecule has 0 aromatic rings. The molecule has 0 saturated carbocycles. The molecule has 0 aromatic carbocycles. The van der Waals surface area contributed by atoms with Crippen LogP contribution in [0.2, 0.25) is 0 Å². The molecule has 0 saturated heterocycles. The van der Waals surface area contributed by atoms with Gasteiger partial charge in [0.2, 0.25) is 11.8 Å². The zero-order valence-electron chi connectivity index (χ0n) is 9.73. The van der Waals surface area contributed by atoms with Gasteiger partial charge in [0.05, 0.1) is 6.04 Å². The van der Waals surface area contributed by atoms with Crippen LogP contribution in [0.15, 0.2) is 12.2 Å². The molecule has 0 fully saturated rings. The Kier molecular flexibility index (Phi) is 4.84. The fourth-order valence-corrected chi connectivity index (χ4v) is 1.44. The SMILES string of the molecule is C[C@H]1/C=C\C(=O)NCCC(=O)C[C@H](N)C(=O)N1. The van der Waals surface area contributed by atoms with Crippen molar-refractivity contribution in [2.45, 2.75) is 31.8 Å². The van der Waals surface area contributed by atoms with Crippen LogP contribution in [0.5, 0.6) is 0 Å². The summed E-state index contributed by atoms with van der Waals surface area (Å²) in [5.74, 6) is -0.787. The Hall–Kier alpha value is -1.69. The molecule has 1 aliphatic heterocycles. The second-order valence-corrected chi connectivity index (χ2v) is 4.05. The summed E-state index contributed by atoms with van der Waals surface area (Å²) in [6.45, 7) is 1.99. The molecule has 0 radical (unpaired) electrons. The van der Waals surface area contributed by atoms with Crippen molar-refractivity contribution in [3.8, 4) is 0 Å². The van der Waals surface area contributed by atoms with Gasteiger partial charge in [0, 0.05) is 31.5 Å². The predicted molar refractivity (Wildman–Crippen MR) is 62.0 cm³/mol. The number of rotatable bonds is 0. The van der Waals surface area contributed by atoms with Crippen LogP contribution >= 0.6 is 0 Å². The van der Waals surface area contributed by atoms with Crippen LogP contribution < -0.4 is 16.4 Å². The van der Waals surface area contributed by atoms with E-state index in [0.717, 1.165) is 0 Å². The number of hydrogen-bond acceptors (Lipinski definition) is 4. The van der Waals surface area contributed by atoms with Crippen LogP contribution in [0.3, 0.4) is 0 Å². The minimum Gasteiger partial charge on any atom is -0.352 e. The van der Waals surface area contributed by atoms with Crippen LogP contribution in [0.1, 0.15) is 19.8 Å². The lowest BCUT2D eigenvalue weighted by Gasteiger charge is -2.15. The lowest BCUT2D eigenvalue weighted by atomic mass is 10.1. The monoisotopic (exact) mass is 239 g/mol. The Morgan fingerprint density at radius 2 is 2.06 bits per heavy atom. The second-order valence-electron chi connectivity index (χ2n) is 4.05. The van der Waals surface area contributed by atoms with E-state index in [1.54, 1.807) is 13.0 Å². The number of ketones is 1. The van der Waals surface area contributed by atoms with Crippen molar-refractivity contribution in [1.29, 1.82) is 0 Å². The fourth-order valence-electron chi connectivity index (χ4n) is 1.44. The van der Waals surface area contributed by atoms with Crippen molar-refractivity contribution in [2.24, 2.45) is 5.73 Å². The van der Waals surface area contributed by atoms with Gasteiger partial charge in [-0.05, 0) is 6.92 Å². The molecule has 4 N–H and O–H groups in total. The highest BCUT2D eigenvalue weighted by Gasteiger charge is 2.18. The quantitative estimate of drug-likeness (QED) is 0.497. The maximum absolute atomic E-state index is 11.5. The molecule has 6 nitrogen and oxygen atoms in total. The zero-order chi connectivity index (χ0) is 12.8. The van der Waals surface area contributed by atoms with Crippen LogP contribution in [0.4, 0.5) is 0 Å². The molecule has 0 unspecified atom stereocenters. The molecular formula is C11H17N3O3. The van der Waals surface area contributed by atoms with Crippen molar-refractivity contribution in [3.63, 3.8) is 0 Å². The van der Waals surface area contributed by atoms with E-state index in [2.05, 4.69) is 10.6 Å². The van der Waals surface area contributed by atoms with Gasteiger partial charge < -0.3 is 16.4 Å². The molecule has 0 aromatic heterocycles. The molecule has 2 atom stereocenters. The van der Waals surface area contributed by atoms with Gasteiger partial charge in [-0.2, -0.15) is 0 Å². The Morgan fingerprint density at radius 1 is 1.35 bits per heavy atom. The first-order valence-electron chi connectivity index (χ1n) is 5.52. The molecule has 17 heavy (non-hydrogen) atoms. The highest BCUT2D eigenvalue weighted by atomic mass is 16.2. The van der Waals surface area contributed by atoms with Gasteiger partial charge in [-0.3, -0.25) is 14.4 Å². The maximum Gasteiger partial charge on any atom is 0.243 e. The minimum atomic E-state index is -0.825. The van der Waals surface area contributed by atoms with E-state index in [1.807, 2.05) is 0 Å². The second kappa shape index (κ2) is 6.15. The number of carbonyl (C=O) groups is 3. The van der Waals surface area contributed by atoms with E-state index in [4.69, 9.17) is 5.73 Å². The van der Waals surface area contributed by atoms with E-state index in [-0.39, 0.29) is 43.0 Å². The van der Waals surface area contributed by atoms with Crippen LogP contribution in [0, 0.1) is 0 Å². The van der Waals surface area contributed by atoms with Gasteiger partial charge in [0.15, 0.2) is 0 Å². The molecular weight excluding hydrogens is 222 g/mol. The van der Waals surface area contributed by atoms with E-state index in [0.29, 0.717) is 0 Å². The van der Waals surface area contributed by atoms with Crippen molar-refractivity contribution in [3.05, 3.63) is 12.2 Å². The number of amides is 2. The van der Waals surface area contributed by atoms with Crippen molar-refractivity contribution >= 4 is 17.6 Å². The van der Waals surface area contributed by atoms with E-state index in [9.17, 15) is 14.4 Å². The van der Waals surface area contributed by atoms with Gasteiger partial charge in [-0.25, -0.2) is 0 Å². The largest absolute Gasteiger partial charge is 0.352 e. The topological polar surface area (TPSA) is 101 Å². The maximum atomic E-state index is 11.5. The van der Waals surface area contributed by atoms with Crippen molar-refractivity contribution in [2.75, 3.05) is 6.54 Å². The van der Waals surface area contributed by atoms with Crippen LogP contribution in [0.25, 0.3) is 0 Å². The van der Waals surface area contributed by atoms with Gasteiger partial charge in [0.1, 0.15) is 5.78 Å². The summed E-state index contributed by atoms with van der Waals surface area (Å²) in [5.41, 5.74) is 5.59. The molecule has 0 spiro atoms. The third-order valence-corrected chi connectivity index (χ3v) is 2.39. The molecule has 1 aliphatic rings.